The Bertz CT molecular complexity index is 1050. The molecule has 0 N–H and O–H groups in total. The summed E-state index contributed by atoms with van der Waals surface area (Å²) in [6.45, 7) is 3.48. The predicted molar refractivity (Wildman–Crippen MR) is 110 cm³/mol. The molecule has 1 aliphatic rings. The molecule has 0 radical (unpaired) electrons. The van der Waals surface area contributed by atoms with Crippen molar-refractivity contribution in [2.24, 2.45) is 5.10 Å². The molecule has 0 bridgehead atoms. The Morgan fingerprint density at radius 1 is 1.21 bits per heavy atom. The summed E-state index contributed by atoms with van der Waals surface area (Å²) in [7, 11) is 0. The maximum absolute atomic E-state index is 12.8. The molecule has 0 spiro atoms. The topological polar surface area (TPSA) is 72.1 Å². The third kappa shape index (κ3) is 4.00. The van der Waals surface area contributed by atoms with Crippen molar-refractivity contribution in [3.8, 4) is 0 Å². The molecule has 29 heavy (non-hydrogen) atoms. The minimum Gasteiger partial charge on any atom is -0.467 e. The van der Waals surface area contributed by atoms with E-state index in [1.54, 1.807) is 12.3 Å². The first kappa shape index (κ1) is 19.1. The highest BCUT2D eigenvalue weighted by Crippen LogP contribution is 2.33. The van der Waals surface area contributed by atoms with Crippen LogP contribution in [-0.4, -0.2) is 29.2 Å². The third-order valence-electron chi connectivity index (χ3n) is 4.80. The first-order valence-corrected chi connectivity index (χ1v) is 10.1. The number of ether oxygens (including phenoxy) is 1. The van der Waals surface area contributed by atoms with Crippen LogP contribution >= 0.6 is 11.3 Å². The van der Waals surface area contributed by atoms with Gasteiger partial charge in [0.1, 0.15) is 16.7 Å². The molecule has 0 saturated heterocycles. The van der Waals surface area contributed by atoms with Crippen molar-refractivity contribution in [1.82, 2.24) is 5.01 Å². The van der Waals surface area contributed by atoms with Gasteiger partial charge in [-0.1, -0.05) is 29.8 Å². The van der Waals surface area contributed by atoms with Crippen LogP contribution < -0.4 is 0 Å². The molecule has 0 saturated carbocycles. The minimum atomic E-state index is -0.498. The lowest BCUT2D eigenvalue weighted by Gasteiger charge is -2.19. The van der Waals surface area contributed by atoms with E-state index in [-0.39, 0.29) is 12.6 Å². The summed E-state index contributed by atoms with van der Waals surface area (Å²) in [4.78, 5) is 25.6. The van der Waals surface area contributed by atoms with Crippen molar-refractivity contribution in [3.05, 3.63) is 81.4 Å². The Labute approximate surface area is 172 Å². The summed E-state index contributed by atoms with van der Waals surface area (Å²) in [5.41, 5.74) is 3.73. The van der Waals surface area contributed by atoms with Crippen LogP contribution in [0.25, 0.3) is 0 Å². The number of hydrazone groups is 1. The highest BCUT2D eigenvalue weighted by Gasteiger charge is 2.35. The predicted octanol–water partition coefficient (Wildman–Crippen LogP) is 4.49. The Morgan fingerprint density at radius 2 is 2.00 bits per heavy atom. The van der Waals surface area contributed by atoms with Gasteiger partial charge < -0.3 is 9.15 Å². The average Bonchev–Trinajstić information content (AvgIpc) is 3.46. The number of esters is 1. The van der Waals surface area contributed by atoms with Crippen molar-refractivity contribution in [1.29, 1.82) is 0 Å². The van der Waals surface area contributed by atoms with E-state index in [1.165, 1.54) is 16.3 Å². The van der Waals surface area contributed by atoms with Gasteiger partial charge in [0.25, 0.3) is 5.91 Å². The Balaban J connectivity index is 1.52. The molecule has 0 unspecified atom stereocenters. The van der Waals surface area contributed by atoms with Crippen LogP contribution in [0.1, 0.15) is 44.6 Å². The number of nitrogens with zero attached hydrogens (tertiary/aromatic N) is 2. The SMILES string of the molecule is Cc1ccc(C2=NN(C(=O)COC(=O)c3sccc3C)[C@H](c3ccco3)C2)cc1. The highest BCUT2D eigenvalue weighted by atomic mass is 32.1. The lowest BCUT2D eigenvalue weighted by Crippen LogP contribution is -2.31. The van der Waals surface area contributed by atoms with E-state index >= 15 is 0 Å². The summed E-state index contributed by atoms with van der Waals surface area (Å²) < 4.78 is 10.8. The lowest BCUT2D eigenvalue weighted by atomic mass is 10.0. The van der Waals surface area contributed by atoms with Crippen LogP contribution in [0.5, 0.6) is 0 Å². The molecule has 0 aliphatic carbocycles. The molecule has 1 atom stereocenters. The van der Waals surface area contributed by atoms with Crippen LogP contribution in [0.4, 0.5) is 0 Å². The van der Waals surface area contributed by atoms with Crippen molar-refractivity contribution >= 4 is 28.9 Å². The molecule has 4 rings (SSSR count). The van der Waals surface area contributed by atoms with E-state index in [9.17, 15) is 9.59 Å². The summed E-state index contributed by atoms with van der Waals surface area (Å²) >= 11 is 1.30. The van der Waals surface area contributed by atoms with E-state index in [1.807, 2.05) is 55.6 Å². The van der Waals surface area contributed by atoms with Crippen LogP contribution in [0.3, 0.4) is 0 Å². The summed E-state index contributed by atoms with van der Waals surface area (Å²) in [6.07, 6.45) is 2.10. The minimum absolute atomic E-state index is 0.365. The summed E-state index contributed by atoms with van der Waals surface area (Å²) in [6, 6.07) is 13.1. The molecule has 0 fully saturated rings. The third-order valence-corrected chi connectivity index (χ3v) is 5.79. The number of benzene rings is 1. The number of carbonyl (C=O) groups is 2. The van der Waals surface area contributed by atoms with E-state index in [4.69, 9.17) is 9.15 Å². The van der Waals surface area contributed by atoms with Crippen LogP contribution in [-0.2, 0) is 9.53 Å². The van der Waals surface area contributed by atoms with Gasteiger partial charge in [-0.25, -0.2) is 9.80 Å². The maximum Gasteiger partial charge on any atom is 0.349 e. The highest BCUT2D eigenvalue weighted by molar-refractivity contribution is 7.12. The van der Waals surface area contributed by atoms with E-state index in [0.717, 1.165) is 22.4 Å². The number of amides is 1. The molecule has 1 aliphatic heterocycles. The second-order valence-corrected chi connectivity index (χ2v) is 7.81. The monoisotopic (exact) mass is 408 g/mol. The number of furan rings is 1. The fourth-order valence-electron chi connectivity index (χ4n) is 3.20. The molecular weight excluding hydrogens is 388 g/mol. The Hall–Kier alpha value is -3.19. The van der Waals surface area contributed by atoms with Crippen molar-refractivity contribution in [2.75, 3.05) is 6.61 Å². The van der Waals surface area contributed by atoms with Crippen LogP contribution in [0.2, 0.25) is 0 Å². The van der Waals surface area contributed by atoms with Crippen molar-refractivity contribution < 1.29 is 18.7 Å². The average molecular weight is 408 g/mol. The number of rotatable bonds is 5. The quantitative estimate of drug-likeness (QED) is 0.583. The molecule has 1 aromatic carbocycles. The first-order valence-electron chi connectivity index (χ1n) is 9.24. The number of hydrogen-bond acceptors (Lipinski definition) is 6. The van der Waals surface area contributed by atoms with Gasteiger partial charge in [-0.2, -0.15) is 5.10 Å². The Kier molecular flexibility index (Phi) is 5.31. The fraction of sp³-hybridized carbons (Fsp3) is 0.227. The van der Waals surface area contributed by atoms with Crippen LogP contribution in [0.15, 0.2) is 63.6 Å². The number of hydrogen-bond donors (Lipinski definition) is 0. The van der Waals surface area contributed by atoms with E-state index in [0.29, 0.717) is 17.1 Å². The van der Waals surface area contributed by atoms with Gasteiger partial charge in [0.15, 0.2) is 6.61 Å². The van der Waals surface area contributed by atoms with Crippen LogP contribution in [0, 0.1) is 13.8 Å². The van der Waals surface area contributed by atoms with Gasteiger partial charge in [0.2, 0.25) is 0 Å². The van der Waals surface area contributed by atoms with Gasteiger partial charge >= 0.3 is 5.97 Å². The van der Waals surface area contributed by atoms with Gasteiger partial charge in [0.05, 0.1) is 12.0 Å². The molecule has 3 aromatic rings. The number of thiophene rings is 1. The number of carbonyl (C=O) groups excluding carboxylic acids is 2. The van der Waals surface area contributed by atoms with Crippen molar-refractivity contribution in [3.63, 3.8) is 0 Å². The standard InChI is InChI=1S/C22H20N2O4S/c1-14-5-7-16(8-6-14)17-12-18(19-4-3-10-27-19)24(23-17)20(25)13-28-22(26)21-15(2)9-11-29-21/h3-11,18H,12-13H2,1-2H3/t18-/m0/s1. The zero-order valence-electron chi connectivity index (χ0n) is 16.1. The van der Waals surface area contributed by atoms with Gasteiger partial charge in [0, 0.05) is 6.42 Å². The van der Waals surface area contributed by atoms with E-state index < -0.39 is 11.9 Å². The van der Waals surface area contributed by atoms with Gasteiger partial charge in [-0.05, 0) is 48.6 Å². The van der Waals surface area contributed by atoms with Crippen molar-refractivity contribution in [2.45, 2.75) is 26.3 Å². The molecule has 7 heteroatoms. The summed E-state index contributed by atoms with van der Waals surface area (Å²) in [5, 5.41) is 7.72. The normalized spacial score (nSPS) is 16.0. The molecular formula is C22H20N2O4S. The summed E-state index contributed by atoms with van der Waals surface area (Å²) in [5.74, 6) is -0.247. The molecule has 6 nitrogen and oxygen atoms in total. The maximum atomic E-state index is 12.8. The van der Waals surface area contributed by atoms with Gasteiger partial charge in [-0.3, -0.25) is 4.79 Å². The van der Waals surface area contributed by atoms with Gasteiger partial charge in [-0.15, -0.1) is 11.3 Å². The smallest absolute Gasteiger partial charge is 0.349 e. The molecule has 2 aromatic heterocycles. The zero-order valence-corrected chi connectivity index (χ0v) is 16.9. The first-order chi connectivity index (χ1) is 14.0. The van der Waals surface area contributed by atoms with E-state index in [2.05, 4.69) is 5.10 Å². The molecule has 3 heterocycles. The number of aryl methyl sites for hydroxylation is 2. The largest absolute Gasteiger partial charge is 0.467 e. The second-order valence-electron chi connectivity index (χ2n) is 6.90. The molecule has 148 valence electrons. The lowest BCUT2D eigenvalue weighted by molar-refractivity contribution is -0.136. The zero-order chi connectivity index (χ0) is 20.4. The Morgan fingerprint density at radius 3 is 2.66 bits per heavy atom. The molecule has 1 amide bonds. The fourth-order valence-corrected chi connectivity index (χ4v) is 4.02. The second kappa shape index (κ2) is 8.05.